The minimum atomic E-state index is -0.526. The predicted molar refractivity (Wildman–Crippen MR) is 118 cm³/mol. The molecule has 31 heavy (non-hydrogen) atoms. The molecule has 1 atom stereocenters. The van der Waals surface area contributed by atoms with Crippen molar-refractivity contribution in [3.8, 4) is 5.75 Å². The Labute approximate surface area is 181 Å². The Kier molecular flexibility index (Phi) is 5.17. The summed E-state index contributed by atoms with van der Waals surface area (Å²) in [5.41, 5.74) is 8.36. The number of hydrogen-bond acceptors (Lipinski definition) is 4. The standard InChI is InChI=1S/C25H26N2O4/c1-25(2)13-19-23(20(28)14-25)18(17-6-4-5-7-21(17)31-3)12-22(29)27(19)16-10-8-15(9-11-16)24(26)30/h4-11,18H,12-14H2,1-3H3,(H2,26,30). The zero-order chi connectivity index (χ0) is 22.3. The van der Waals surface area contributed by atoms with Gasteiger partial charge in [0.1, 0.15) is 5.75 Å². The number of hydrogen-bond donors (Lipinski definition) is 1. The van der Waals surface area contributed by atoms with E-state index in [2.05, 4.69) is 0 Å². The maximum Gasteiger partial charge on any atom is 0.248 e. The van der Waals surface area contributed by atoms with Gasteiger partial charge in [-0.05, 0) is 42.2 Å². The van der Waals surface area contributed by atoms with E-state index in [-0.39, 0.29) is 29.4 Å². The quantitative estimate of drug-likeness (QED) is 0.814. The molecule has 1 heterocycles. The monoisotopic (exact) mass is 418 g/mol. The molecule has 1 aliphatic heterocycles. The molecule has 1 aliphatic carbocycles. The number of benzene rings is 2. The van der Waals surface area contributed by atoms with Crippen LogP contribution in [0.15, 0.2) is 59.8 Å². The first-order valence-electron chi connectivity index (χ1n) is 10.3. The number of allylic oxidation sites excluding steroid dienone is 2. The number of carbonyl (C=O) groups excluding carboxylic acids is 3. The van der Waals surface area contributed by atoms with Gasteiger partial charge >= 0.3 is 0 Å². The van der Waals surface area contributed by atoms with E-state index in [1.807, 2.05) is 38.1 Å². The molecule has 0 radical (unpaired) electrons. The van der Waals surface area contributed by atoms with E-state index in [9.17, 15) is 14.4 Å². The van der Waals surface area contributed by atoms with E-state index in [0.717, 1.165) is 11.3 Å². The first kappa shape index (κ1) is 20.8. The van der Waals surface area contributed by atoms with Gasteiger partial charge in [-0.2, -0.15) is 0 Å². The number of rotatable bonds is 4. The normalized spacial score (nSPS) is 20.5. The summed E-state index contributed by atoms with van der Waals surface area (Å²) in [5, 5.41) is 0. The van der Waals surface area contributed by atoms with Crippen LogP contribution in [-0.4, -0.2) is 24.7 Å². The highest BCUT2D eigenvalue weighted by Crippen LogP contribution is 2.49. The number of ketones is 1. The van der Waals surface area contributed by atoms with Gasteiger partial charge in [0.15, 0.2) is 5.78 Å². The molecule has 2 N–H and O–H groups in total. The van der Waals surface area contributed by atoms with Gasteiger partial charge in [-0.1, -0.05) is 32.0 Å². The van der Waals surface area contributed by atoms with Gasteiger partial charge < -0.3 is 10.5 Å². The van der Waals surface area contributed by atoms with Gasteiger partial charge in [-0.15, -0.1) is 0 Å². The molecule has 2 aliphatic rings. The van der Waals surface area contributed by atoms with Crippen molar-refractivity contribution in [2.24, 2.45) is 11.1 Å². The molecule has 2 aromatic rings. The first-order chi connectivity index (χ1) is 14.7. The van der Waals surface area contributed by atoms with E-state index in [1.54, 1.807) is 36.3 Å². The van der Waals surface area contributed by atoms with Gasteiger partial charge in [0.2, 0.25) is 11.8 Å². The average Bonchev–Trinajstić information content (AvgIpc) is 2.72. The Morgan fingerprint density at radius 2 is 1.74 bits per heavy atom. The van der Waals surface area contributed by atoms with Crippen molar-refractivity contribution in [3.63, 3.8) is 0 Å². The Hall–Kier alpha value is -3.41. The Bertz CT molecular complexity index is 1100. The molecule has 0 spiro atoms. The smallest absolute Gasteiger partial charge is 0.248 e. The van der Waals surface area contributed by atoms with Crippen LogP contribution in [0.4, 0.5) is 5.69 Å². The number of anilines is 1. The van der Waals surface area contributed by atoms with Crippen LogP contribution in [0.1, 0.15) is 54.9 Å². The van der Waals surface area contributed by atoms with E-state index in [0.29, 0.717) is 35.4 Å². The van der Waals surface area contributed by atoms with Crippen molar-refractivity contribution >= 4 is 23.3 Å². The summed E-state index contributed by atoms with van der Waals surface area (Å²) in [6.07, 6.45) is 1.20. The maximum atomic E-state index is 13.4. The van der Waals surface area contributed by atoms with Crippen LogP contribution < -0.4 is 15.4 Å². The van der Waals surface area contributed by atoms with Gasteiger partial charge in [-0.25, -0.2) is 0 Å². The van der Waals surface area contributed by atoms with E-state index < -0.39 is 5.91 Å². The molecule has 0 aromatic heterocycles. The predicted octanol–water partition coefficient (Wildman–Crippen LogP) is 3.96. The number of amides is 2. The van der Waals surface area contributed by atoms with Crippen LogP contribution in [0.2, 0.25) is 0 Å². The van der Waals surface area contributed by atoms with E-state index in [1.165, 1.54) is 0 Å². The first-order valence-corrected chi connectivity index (χ1v) is 10.3. The van der Waals surface area contributed by atoms with Gasteiger partial charge in [0.05, 0.1) is 7.11 Å². The number of nitrogens with two attached hydrogens (primary N) is 1. The third-order valence-electron chi connectivity index (χ3n) is 6.07. The molecule has 2 aromatic carbocycles. The van der Waals surface area contributed by atoms with E-state index in [4.69, 9.17) is 10.5 Å². The van der Waals surface area contributed by atoms with Crippen LogP contribution in [-0.2, 0) is 9.59 Å². The summed E-state index contributed by atoms with van der Waals surface area (Å²) >= 11 is 0. The van der Waals surface area contributed by atoms with Crippen molar-refractivity contribution in [3.05, 3.63) is 70.9 Å². The topological polar surface area (TPSA) is 89.7 Å². The van der Waals surface area contributed by atoms with Crippen molar-refractivity contribution in [2.75, 3.05) is 12.0 Å². The van der Waals surface area contributed by atoms with Crippen LogP contribution in [0.25, 0.3) is 0 Å². The number of primary amides is 1. The second kappa shape index (κ2) is 7.69. The third kappa shape index (κ3) is 3.74. The van der Waals surface area contributed by atoms with Crippen LogP contribution >= 0.6 is 0 Å². The van der Waals surface area contributed by atoms with Gasteiger partial charge in [0, 0.05) is 46.8 Å². The lowest BCUT2D eigenvalue weighted by Gasteiger charge is -2.43. The van der Waals surface area contributed by atoms with Crippen molar-refractivity contribution < 1.29 is 19.1 Å². The molecule has 0 bridgehead atoms. The lowest BCUT2D eigenvalue weighted by molar-refractivity contribution is -0.121. The molecular weight excluding hydrogens is 392 g/mol. The SMILES string of the molecule is COc1ccccc1C1CC(=O)N(c2ccc(C(N)=O)cc2)C2=C1C(=O)CC(C)(C)C2. The summed E-state index contributed by atoms with van der Waals surface area (Å²) in [6, 6.07) is 14.2. The molecule has 2 amide bonds. The zero-order valence-corrected chi connectivity index (χ0v) is 18.0. The number of methoxy groups -OCH3 is 1. The van der Waals surface area contributed by atoms with Crippen molar-refractivity contribution in [1.29, 1.82) is 0 Å². The zero-order valence-electron chi connectivity index (χ0n) is 18.0. The van der Waals surface area contributed by atoms with Crippen molar-refractivity contribution in [2.45, 2.75) is 39.0 Å². The van der Waals surface area contributed by atoms with Crippen molar-refractivity contribution in [1.82, 2.24) is 0 Å². The molecule has 160 valence electrons. The lowest BCUT2D eigenvalue weighted by Crippen LogP contribution is -2.43. The highest BCUT2D eigenvalue weighted by Gasteiger charge is 2.44. The molecule has 0 fully saturated rings. The highest BCUT2D eigenvalue weighted by atomic mass is 16.5. The molecule has 4 rings (SSSR count). The Balaban J connectivity index is 1.88. The lowest BCUT2D eigenvalue weighted by atomic mass is 9.69. The van der Waals surface area contributed by atoms with Crippen LogP contribution in [0, 0.1) is 5.41 Å². The van der Waals surface area contributed by atoms with Crippen LogP contribution in [0.5, 0.6) is 5.75 Å². The molecular formula is C25H26N2O4. The second-order valence-corrected chi connectivity index (χ2v) is 8.94. The summed E-state index contributed by atoms with van der Waals surface area (Å²) in [7, 11) is 1.59. The van der Waals surface area contributed by atoms with Crippen LogP contribution in [0.3, 0.4) is 0 Å². The average molecular weight is 418 g/mol. The minimum Gasteiger partial charge on any atom is -0.496 e. The number of para-hydroxylation sites is 1. The largest absolute Gasteiger partial charge is 0.496 e. The number of nitrogens with zero attached hydrogens (tertiary/aromatic N) is 1. The highest BCUT2D eigenvalue weighted by molar-refractivity contribution is 6.08. The molecule has 0 saturated carbocycles. The third-order valence-corrected chi connectivity index (χ3v) is 6.07. The summed E-state index contributed by atoms with van der Waals surface area (Å²) in [6.45, 7) is 4.08. The number of Topliss-reactive ketones (excluding diaryl/α,β-unsaturated/α-hetero) is 1. The van der Waals surface area contributed by atoms with E-state index >= 15 is 0 Å². The summed E-state index contributed by atoms with van der Waals surface area (Å²) < 4.78 is 5.53. The minimum absolute atomic E-state index is 0.0633. The number of carbonyl (C=O) groups is 3. The molecule has 6 heteroatoms. The fourth-order valence-corrected chi connectivity index (χ4v) is 4.71. The fourth-order valence-electron chi connectivity index (χ4n) is 4.71. The molecule has 6 nitrogen and oxygen atoms in total. The molecule has 1 unspecified atom stereocenters. The summed E-state index contributed by atoms with van der Waals surface area (Å²) in [4.78, 5) is 39.9. The summed E-state index contributed by atoms with van der Waals surface area (Å²) in [5.74, 6) is -0.227. The molecule has 0 saturated heterocycles. The Morgan fingerprint density at radius 1 is 1.06 bits per heavy atom. The second-order valence-electron chi connectivity index (χ2n) is 8.94. The van der Waals surface area contributed by atoms with Gasteiger partial charge in [-0.3, -0.25) is 19.3 Å². The fraction of sp³-hybridized carbons (Fsp3) is 0.320. The van der Waals surface area contributed by atoms with Gasteiger partial charge in [0.25, 0.3) is 0 Å². The maximum absolute atomic E-state index is 13.4. The number of ether oxygens (including phenoxy) is 1. The Morgan fingerprint density at radius 3 is 2.39 bits per heavy atom.